The number of hydrogen-bond acceptors (Lipinski definition) is 4. The van der Waals surface area contributed by atoms with Crippen LogP contribution in [-0.2, 0) is 0 Å². The average Bonchev–Trinajstić information content (AvgIpc) is 2.35. The molecule has 0 fully saturated rings. The van der Waals surface area contributed by atoms with Crippen molar-refractivity contribution in [3.8, 4) is 17.2 Å². The van der Waals surface area contributed by atoms with Gasteiger partial charge in [-0.2, -0.15) is 0 Å². The largest absolute Gasteiger partial charge is 0.493 e. The monoisotopic (exact) mass is 223 g/mol. The molecular formula is C12H17NO3. The Labute approximate surface area is 95.6 Å². The van der Waals surface area contributed by atoms with Gasteiger partial charge in [-0.15, -0.1) is 6.58 Å². The maximum absolute atomic E-state index is 5.86. The third-order valence-electron chi connectivity index (χ3n) is 2.33. The molecule has 1 atom stereocenters. The first-order valence-corrected chi connectivity index (χ1v) is 4.86. The lowest BCUT2D eigenvalue weighted by atomic mass is 10.1. The lowest BCUT2D eigenvalue weighted by Crippen LogP contribution is -2.07. The molecule has 0 aliphatic rings. The molecule has 0 aliphatic heterocycles. The topological polar surface area (TPSA) is 53.7 Å². The molecule has 0 radical (unpaired) electrons. The molecule has 0 aromatic heterocycles. The van der Waals surface area contributed by atoms with E-state index in [9.17, 15) is 0 Å². The van der Waals surface area contributed by atoms with Crippen LogP contribution in [0, 0.1) is 0 Å². The third-order valence-corrected chi connectivity index (χ3v) is 2.33. The highest BCUT2D eigenvalue weighted by Gasteiger charge is 2.14. The lowest BCUT2D eigenvalue weighted by molar-refractivity contribution is 0.323. The summed E-state index contributed by atoms with van der Waals surface area (Å²) in [7, 11) is 4.70. The van der Waals surface area contributed by atoms with Crippen molar-refractivity contribution >= 4 is 0 Å². The number of benzene rings is 1. The van der Waals surface area contributed by atoms with Gasteiger partial charge in [0.25, 0.3) is 0 Å². The van der Waals surface area contributed by atoms with E-state index in [0.29, 0.717) is 17.2 Å². The van der Waals surface area contributed by atoms with Crippen LogP contribution >= 0.6 is 0 Å². The second kappa shape index (κ2) is 5.42. The van der Waals surface area contributed by atoms with Gasteiger partial charge in [0.15, 0.2) is 11.5 Å². The molecule has 0 heterocycles. The molecule has 0 unspecified atom stereocenters. The second-order valence-corrected chi connectivity index (χ2v) is 3.22. The molecule has 0 amide bonds. The Morgan fingerprint density at radius 3 is 1.94 bits per heavy atom. The standard InChI is InChI=1S/C12H17NO3/c1-5-9(13)8-6-10(14-2)12(16-4)11(7-8)15-3/h5-7,9H,1,13H2,2-4H3/t9-/m1/s1. The zero-order valence-electron chi connectivity index (χ0n) is 9.82. The molecule has 16 heavy (non-hydrogen) atoms. The van der Waals surface area contributed by atoms with Crippen LogP contribution < -0.4 is 19.9 Å². The van der Waals surface area contributed by atoms with Crippen LogP contribution in [0.15, 0.2) is 24.8 Å². The van der Waals surface area contributed by atoms with Gasteiger partial charge in [0.2, 0.25) is 5.75 Å². The summed E-state index contributed by atoms with van der Waals surface area (Å²) in [6, 6.07) is 3.37. The van der Waals surface area contributed by atoms with Crippen LogP contribution in [0.25, 0.3) is 0 Å². The fourth-order valence-corrected chi connectivity index (χ4v) is 1.43. The summed E-state index contributed by atoms with van der Waals surface area (Å²) in [6.45, 7) is 3.65. The van der Waals surface area contributed by atoms with Crippen LogP contribution in [0.1, 0.15) is 11.6 Å². The van der Waals surface area contributed by atoms with Crippen molar-refractivity contribution in [1.29, 1.82) is 0 Å². The molecule has 1 aromatic carbocycles. The van der Waals surface area contributed by atoms with Gasteiger partial charge >= 0.3 is 0 Å². The molecule has 4 nitrogen and oxygen atoms in total. The van der Waals surface area contributed by atoms with E-state index in [0.717, 1.165) is 5.56 Å². The molecule has 2 N–H and O–H groups in total. The number of rotatable bonds is 5. The molecule has 0 saturated heterocycles. The average molecular weight is 223 g/mol. The third kappa shape index (κ3) is 2.28. The van der Waals surface area contributed by atoms with E-state index in [1.165, 1.54) is 0 Å². The van der Waals surface area contributed by atoms with Gasteiger partial charge in [-0.1, -0.05) is 6.08 Å². The van der Waals surface area contributed by atoms with Crippen LogP contribution in [0.2, 0.25) is 0 Å². The van der Waals surface area contributed by atoms with Crippen LogP contribution in [0.3, 0.4) is 0 Å². The number of methoxy groups -OCH3 is 3. The molecule has 88 valence electrons. The van der Waals surface area contributed by atoms with Gasteiger partial charge in [-0.05, 0) is 17.7 Å². The quantitative estimate of drug-likeness (QED) is 0.774. The molecule has 0 spiro atoms. The summed E-state index contributed by atoms with van der Waals surface area (Å²) >= 11 is 0. The van der Waals surface area contributed by atoms with Crippen molar-refractivity contribution in [2.45, 2.75) is 6.04 Å². The molecule has 1 rings (SSSR count). The molecule has 4 heteroatoms. The Morgan fingerprint density at radius 1 is 1.12 bits per heavy atom. The first-order chi connectivity index (χ1) is 7.67. The maximum Gasteiger partial charge on any atom is 0.203 e. The molecule has 0 bridgehead atoms. The minimum atomic E-state index is -0.256. The van der Waals surface area contributed by atoms with E-state index in [1.807, 2.05) is 12.1 Å². The summed E-state index contributed by atoms with van der Waals surface area (Å²) in [5.41, 5.74) is 6.73. The number of nitrogens with two attached hydrogens (primary N) is 1. The van der Waals surface area contributed by atoms with Crippen LogP contribution in [0.5, 0.6) is 17.2 Å². The number of hydrogen-bond donors (Lipinski definition) is 1. The normalized spacial score (nSPS) is 11.8. The molecule has 0 aliphatic carbocycles. The molecule has 1 aromatic rings. The minimum Gasteiger partial charge on any atom is -0.493 e. The van der Waals surface area contributed by atoms with E-state index < -0.39 is 0 Å². The Hall–Kier alpha value is -1.68. The minimum absolute atomic E-state index is 0.256. The Morgan fingerprint density at radius 2 is 1.62 bits per heavy atom. The summed E-state index contributed by atoms with van der Waals surface area (Å²) in [5.74, 6) is 1.74. The summed E-state index contributed by atoms with van der Waals surface area (Å²) < 4.78 is 15.6. The van der Waals surface area contributed by atoms with Crippen LogP contribution in [-0.4, -0.2) is 21.3 Å². The first kappa shape index (κ1) is 12.4. The Kier molecular flexibility index (Phi) is 4.19. The van der Waals surface area contributed by atoms with Gasteiger partial charge < -0.3 is 19.9 Å². The highest BCUT2D eigenvalue weighted by atomic mass is 16.5. The SMILES string of the molecule is C=C[C@@H](N)c1cc(OC)c(OC)c(OC)c1. The van der Waals surface area contributed by atoms with Crippen molar-refractivity contribution < 1.29 is 14.2 Å². The van der Waals surface area contributed by atoms with Crippen LogP contribution in [0.4, 0.5) is 0 Å². The van der Waals surface area contributed by atoms with E-state index in [-0.39, 0.29) is 6.04 Å². The maximum atomic E-state index is 5.86. The van der Waals surface area contributed by atoms with E-state index in [1.54, 1.807) is 27.4 Å². The van der Waals surface area contributed by atoms with Crippen molar-refractivity contribution in [2.24, 2.45) is 5.73 Å². The highest BCUT2D eigenvalue weighted by Crippen LogP contribution is 2.39. The highest BCUT2D eigenvalue weighted by molar-refractivity contribution is 5.54. The summed E-state index contributed by atoms with van der Waals surface area (Å²) in [6.07, 6.45) is 1.65. The Balaban J connectivity index is 3.30. The van der Waals surface area contributed by atoms with Crippen molar-refractivity contribution in [3.63, 3.8) is 0 Å². The van der Waals surface area contributed by atoms with Gasteiger partial charge in [-0.3, -0.25) is 0 Å². The predicted molar refractivity (Wildman–Crippen MR) is 63.2 cm³/mol. The molecule has 0 saturated carbocycles. The van der Waals surface area contributed by atoms with Crippen molar-refractivity contribution in [3.05, 3.63) is 30.4 Å². The van der Waals surface area contributed by atoms with Gasteiger partial charge in [-0.25, -0.2) is 0 Å². The van der Waals surface area contributed by atoms with Crippen molar-refractivity contribution in [1.82, 2.24) is 0 Å². The van der Waals surface area contributed by atoms with E-state index >= 15 is 0 Å². The fourth-order valence-electron chi connectivity index (χ4n) is 1.43. The fraction of sp³-hybridized carbons (Fsp3) is 0.333. The van der Waals surface area contributed by atoms with Crippen molar-refractivity contribution in [2.75, 3.05) is 21.3 Å². The molecular weight excluding hydrogens is 206 g/mol. The van der Waals surface area contributed by atoms with Gasteiger partial charge in [0.05, 0.1) is 21.3 Å². The zero-order chi connectivity index (χ0) is 12.1. The van der Waals surface area contributed by atoms with Gasteiger partial charge in [0.1, 0.15) is 0 Å². The Bertz CT molecular complexity index is 352. The number of ether oxygens (including phenoxy) is 3. The lowest BCUT2D eigenvalue weighted by Gasteiger charge is -2.15. The smallest absolute Gasteiger partial charge is 0.203 e. The van der Waals surface area contributed by atoms with E-state index in [4.69, 9.17) is 19.9 Å². The summed E-state index contributed by atoms with van der Waals surface area (Å²) in [4.78, 5) is 0. The second-order valence-electron chi connectivity index (χ2n) is 3.22. The van der Waals surface area contributed by atoms with Gasteiger partial charge in [0, 0.05) is 6.04 Å². The summed E-state index contributed by atoms with van der Waals surface area (Å²) in [5, 5.41) is 0. The predicted octanol–water partition coefficient (Wildman–Crippen LogP) is 1.90. The first-order valence-electron chi connectivity index (χ1n) is 4.86. The van der Waals surface area contributed by atoms with E-state index in [2.05, 4.69) is 6.58 Å². The zero-order valence-corrected chi connectivity index (χ0v) is 9.82.